The van der Waals surface area contributed by atoms with Crippen LogP contribution in [0.5, 0.6) is 5.75 Å². The predicted molar refractivity (Wildman–Crippen MR) is 97.8 cm³/mol. The van der Waals surface area contributed by atoms with Crippen molar-refractivity contribution in [3.05, 3.63) is 66.0 Å². The lowest BCUT2D eigenvalue weighted by Crippen LogP contribution is -2.50. The van der Waals surface area contributed by atoms with Crippen LogP contribution in [0.25, 0.3) is 0 Å². The number of esters is 1. The molecule has 0 atom stereocenters. The number of likely N-dealkylation sites (tertiary alicyclic amines) is 1. The highest BCUT2D eigenvalue weighted by Gasteiger charge is 2.44. The van der Waals surface area contributed by atoms with E-state index in [0.717, 1.165) is 5.56 Å². The molecule has 0 aliphatic carbocycles. The summed E-state index contributed by atoms with van der Waals surface area (Å²) < 4.78 is 24.0. The molecule has 0 radical (unpaired) electrons. The Bertz CT molecular complexity index is 801. The lowest BCUT2D eigenvalue weighted by molar-refractivity contribution is -0.152. The SMILES string of the molecule is COC(=O)C1(c2ccccc2)CCN(C(=O)COc2ccccc2F)CC1. The van der Waals surface area contributed by atoms with Crippen LogP contribution in [0, 0.1) is 5.82 Å². The normalized spacial score (nSPS) is 15.9. The van der Waals surface area contributed by atoms with Gasteiger partial charge in [-0.15, -0.1) is 0 Å². The molecule has 1 amide bonds. The zero-order valence-corrected chi connectivity index (χ0v) is 15.2. The molecule has 27 heavy (non-hydrogen) atoms. The number of amides is 1. The van der Waals surface area contributed by atoms with Gasteiger partial charge < -0.3 is 14.4 Å². The minimum Gasteiger partial charge on any atom is -0.481 e. The van der Waals surface area contributed by atoms with Crippen molar-refractivity contribution >= 4 is 11.9 Å². The van der Waals surface area contributed by atoms with Crippen molar-refractivity contribution < 1.29 is 23.5 Å². The number of nitrogens with zero attached hydrogens (tertiary/aromatic N) is 1. The van der Waals surface area contributed by atoms with E-state index >= 15 is 0 Å². The predicted octanol–water partition coefficient (Wildman–Crippen LogP) is 2.94. The molecule has 1 aliphatic heterocycles. The van der Waals surface area contributed by atoms with Gasteiger partial charge in [0.1, 0.15) is 0 Å². The lowest BCUT2D eigenvalue weighted by Gasteiger charge is -2.40. The maximum absolute atomic E-state index is 13.6. The van der Waals surface area contributed by atoms with Crippen LogP contribution in [-0.2, 0) is 19.7 Å². The lowest BCUT2D eigenvalue weighted by atomic mass is 9.72. The van der Waals surface area contributed by atoms with Gasteiger partial charge >= 0.3 is 5.97 Å². The zero-order chi connectivity index (χ0) is 19.3. The first-order chi connectivity index (χ1) is 13.1. The molecule has 5 nitrogen and oxygen atoms in total. The number of ether oxygens (including phenoxy) is 2. The number of hydrogen-bond acceptors (Lipinski definition) is 4. The van der Waals surface area contributed by atoms with Gasteiger partial charge in [-0.05, 0) is 30.5 Å². The van der Waals surface area contributed by atoms with Crippen LogP contribution in [0.3, 0.4) is 0 Å². The van der Waals surface area contributed by atoms with Crippen LogP contribution in [-0.4, -0.2) is 43.6 Å². The molecule has 1 fully saturated rings. The molecule has 0 saturated carbocycles. The number of para-hydroxylation sites is 1. The first-order valence-corrected chi connectivity index (χ1v) is 8.86. The number of carbonyl (C=O) groups excluding carboxylic acids is 2. The van der Waals surface area contributed by atoms with Crippen LogP contribution in [0.1, 0.15) is 18.4 Å². The smallest absolute Gasteiger partial charge is 0.316 e. The Morgan fingerprint density at radius 1 is 1.04 bits per heavy atom. The van der Waals surface area contributed by atoms with E-state index in [4.69, 9.17) is 9.47 Å². The highest BCUT2D eigenvalue weighted by molar-refractivity contribution is 5.84. The molecule has 0 unspecified atom stereocenters. The molecule has 142 valence electrons. The van der Waals surface area contributed by atoms with E-state index in [0.29, 0.717) is 25.9 Å². The summed E-state index contributed by atoms with van der Waals surface area (Å²) in [6, 6.07) is 15.5. The van der Waals surface area contributed by atoms with Crippen molar-refractivity contribution in [3.63, 3.8) is 0 Å². The molecule has 2 aromatic rings. The molecule has 1 heterocycles. The molecular formula is C21H22FNO4. The number of carbonyl (C=O) groups is 2. The van der Waals surface area contributed by atoms with Crippen molar-refractivity contribution in [2.24, 2.45) is 0 Å². The van der Waals surface area contributed by atoms with Gasteiger partial charge in [-0.2, -0.15) is 0 Å². The summed E-state index contributed by atoms with van der Waals surface area (Å²) in [7, 11) is 1.38. The van der Waals surface area contributed by atoms with Gasteiger partial charge in [-0.3, -0.25) is 9.59 Å². The van der Waals surface area contributed by atoms with E-state index < -0.39 is 11.2 Å². The Balaban J connectivity index is 1.65. The van der Waals surface area contributed by atoms with Gasteiger partial charge in [0.15, 0.2) is 18.2 Å². The first-order valence-electron chi connectivity index (χ1n) is 8.86. The Kier molecular flexibility index (Phi) is 5.74. The van der Waals surface area contributed by atoms with Crippen LogP contribution in [0.15, 0.2) is 54.6 Å². The highest BCUT2D eigenvalue weighted by Crippen LogP contribution is 2.36. The van der Waals surface area contributed by atoms with Crippen molar-refractivity contribution in [1.29, 1.82) is 0 Å². The third-order valence-corrected chi connectivity index (χ3v) is 5.06. The summed E-state index contributed by atoms with van der Waals surface area (Å²) >= 11 is 0. The van der Waals surface area contributed by atoms with Crippen molar-refractivity contribution in [2.75, 3.05) is 26.8 Å². The Morgan fingerprint density at radius 3 is 2.30 bits per heavy atom. The third-order valence-electron chi connectivity index (χ3n) is 5.06. The van der Waals surface area contributed by atoms with Crippen LogP contribution >= 0.6 is 0 Å². The van der Waals surface area contributed by atoms with E-state index in [9.17, 15) is 14.0 Å². The Labute approximate surface area is 157 Å². The number of benzene rings is 2. The molecule has 0 N–H and O–H groups in total. The second-order valence-electron chi connectivity index (χ2n) is 6.54. The summed E-state index contributed by atoms with van der Waals surface area (Å²) in [5.74, 6) is -0.970. The minimum atomic E-state index is -0.751. The van der Waals surface area contributed by atoms with E-state index in [1.807, 2.05) is 30.3 Å². The molecule has 3 rings (SSSR count). The van der Waals surface area contributed by atoms with E-state index in [-0.39, 0.29) is 24.2 Å². The van der Waals surface area contributed by atoms with E-state index in [1.54, 1.807) is 17.0 Å². The molecule has 6 heteroatoms. The fraction of sp³-hybridized carbons (Fsp3) is 0.333. The molecule has 1 aliphatic rings. The molecule has 0 spiro atoms. The Hall–Kier alpha value is -2.89. The number of hydrogen-bond donors (Lipinski definition) is 0. The summed E-state index contributed by atoms with van der Waals surface area (Å²) in [6.07, 6.45) is 0.935. The van der Waals surface area contributed by atoms with Gasteiger partial charge in [0, 0.05) is 13.1 Å². The topological polar surface area (TPSA) is 55.8 Å². The van der Waals surface area contributed by atoms with Gasteiger partial charge in [-0.1, -0.05) is 42.5 Å². The average molecular weight is 371 g/mol. The molecule has 0 bridgehead atoms. The van der Waals surface area contributed by atoms with Crippen molar-refractivity contribution in [3.8, 4) is 5.75 Å². The largest absolute Gasteiger partial charge is 0.481 e. The molecule has 1 saturated heterocycles. The maximum atomic E-state index is 13.6. The van der Waals surface area contributed by atoms with Crippen LogP contribution < -0.4 is 4.74 Å². The van der Waals surface area contributed by atoms with Gasteiger partial charge in [0.2, 0.25) is 0 Å². The second kappa shape index (κ2) is 8.20. The summed E-state index contributed by atoms with van der Waals surface area (Å²) in [5.41, 5.74) is 0.144. The molecular weight excluding hydrogens is 349 g/mol. The highest BCUT2D eigenvalue weighted by atomic mass is 19.1. The summed E-state index contributed by atoms with van der Waals surface area (Å²) in [5, 5.41) is 0. The van der Waals surface area contributed by atoms with Crippen LogP contribution in [0.4, 0.5) is 4.39 Å². The van der Waals surface area contributed by atoms with Gasteiger partial charge in [-0.25, -0.2) is 4.39 Å². The zero-order valence-electron chi connectivity index (χ0n) is 15.2. The first kappa shape index (κ1) is 18.9. The van der Waals surface area contributed by atoms with Gasteiger partial charge in [0.05, 0.1) is 12.5 Å². The molecule has 2 aromatic carbocycles. The number of halogens is 1. The number of methoxy groups -OCH3 is 1. The summed E-state index contributed by atoms with van der Waals surface area (Å²) in [4.78, 5) is 26.6. The third kappa shape index (κ3) is 3.94. The minimum absolute atomic E-state index is 0.0519. The molecule has 0 aromatic heterocycles. The average Bonchev–Trinajstić information content (AvgIpc) is 2.73. The van der Waals surface area contributed by atoms with Crippen LogP contribution in [0.2, 0.25) is 0 Å². The monoisotopic (exact) mass is 371 g/mol. The van der Waals surface area contributed by atoms with E-state index in [2.05, 4.69) is 0 Å². The number of piperidine rings is 1. The van der Waals surface area contributed by atoms with Crippen molar-refractivity contribution in [2.45, 2.75) is 18.3 Å². The summed E-state index contributed by atoms with van der Waals surface area (Å²) in [6.45, 7) is 0.574. The standard InChI is InChI=1S/C21H22FNO4/c1-26-20(25)21(16-7-3-2-4-8-16)11-13-23(14-12-21)19(24)15-27-18-10-6-5-9-17(18)22/h2-10H,11-15H2,1H3. The maximum Gasteiger partial charge on any atom is 0.316 e. The quantitative estimate of drug-likeness (QED) is 0.759. The van der Waals surface area contributed by atoms with Gasteiger partial charge in [0.25, 0.3) is 5.91 Å². The fourth-order valence-corrected chi connectivity index (χ4v) is 3.49. The Morgan fingerprint density at radius 2 is 1.67 bits per heavy atom. The second-order valence-corrected chi connectivity index (χ2v) is 6.54. The fourth-order valence-electron chi connectivity index (χ4n) is 3.49. The van der Waals surface area contributed by atoms with E-state index in [1.165, 1.54) is 19.2 Å². The van der Waals surface area contributed by atoms with Crippen molar-refractivity contribution in [1.82, 2.24) is 4.90 Å². The number of rotatable bonds is 5.